The zero-order chi connectivity index (χ0) is 28.0. The number of carbonyl (C=O) groups is 2. The predicted molar refractivity (Wildman–Crippen MR) is 150 cm³/mol. The molecule has 1 aliphatic carbocycles. The van der Waals surface area contributed by atoms with Crippen LogP contribution >= 0.6 is 11.6 Å². The first kappa shape index (κ1) is 29.0. The third-order valence-corrected chi connectivity index (χ3v) is 8.60. The molecular weight excluding hydrogens is 542 g/mol. The number of rotatable bonds is 12. The van der Waals surface area contributed by atoms with Gasteiger partial charge in [0.1, 0.15) is 6.04 Å². The summed E-state index contributed by atoms with van der Waals surface area (Å²) in [6.45, 7) is 2.34. The maximum absolute atomic E-state index is 13.6. The summed E-state index contributed by atoms with van der Waals surface area (Å²) in [6, 6.07) is 11.7. The summed E-state index contributed by atoms with van der Waals surface area (Å²) in [6.07, 6.45) is 6.04. The molecule has 2 aromatic carbocycles. The SMILES string of the molecule is CC[C@@H](C(=O)NC1CCCC1)N(Cc1ccc(Cl)cc1)C(=O)CCCN(c1ccc2c(c1)OCO2)S(C)(=O)=O. The molecule has 0 saturated heterocycles. The average Bonchev–Trinajstić information content (AvgIpc) is 3.58. The summed E-state index contributed by atoms with van der Waals surface area (Å²) in [5.74, 6) is 0.675. The van der Waals surface area contributed by atoms with Gasteiger partial charge < -0.3 is 19.7 Å². The minimum atomic E-state index is -3.62. The lowest BCUT2D eigenvalue weighted by molar-refractivity contribution is -0.141. The van der Waals surface area contributed by atoms with Crippen LogP contribution < -0.4 is 19.1 Å². The van der Waals surface area contributed by atoms with Crippen molar-refractivity contribution < 1.29 is 27.5 Å². The van der Waals surface area contributed by atoms with Crippen molar-refractivity contribution in [3.05, 3.63) is 53.1 Å². The summed E-state index contributed by atoms with van der Waals surface area (Å²) in [5, 5.41) is 3.72. The Hall–Kier alpha value is -2.98. The van der Waals surface area contributed by atoms with E-state index in [0.29, 0.717) is 28.6 Å². The van der Waals surface area contributed by atoms with Crippen molar-refractivity contribution in [3.8, 4) is 11.5 Å². The molecular formula is C28H36ClN3O6S. The molecule has 9 nitrogen and oxygen atoms in total. The highest BCUT2D eigenvalue weighted by Crippen LogP contribution is 2.36. The molecule has 1 fully saturated rings. The lowest BCUT2D eigenvalue weighted by atomic mass is 10.1. The largest absolute Gasteiger partial charge is 0.454 e. The van der Waals surface area contributed by atoms with Crippen molar-refractivity contribution in [1.29, 1.82) is 0 Å². The van der Waals surface area contributed by atoms with E-state index in [4.69, 9.17) is 21.1 Å². The molecule has 39 heavy (non-hydrogen) atoms. The highest BCUT2D eigenvalue weighted by Gasteiger charge is 2.31. The number of nitrogens with zero attached hydrogens (tertiary/aromatic N) is 2. The Balaban J connectivity index is 1.47. The third kappa shape index (κ3) is 7.57. The van der Waals surface area contributed by atoms with Crippen LogP contribution in [0.25, 0.3) is 0 Å². The van der Waals surface area contributed by atoms with Crippen molar-refractivity contribution in [1.82, 2.24) is 10.2 Å². The smallest absolute Gasteiger partial charge is 0.243 e. The maximum atomic E-state index is 13.6. The number of halogens is 1. The van der Waals surface area contributed by atoms with E-state index in [2.05, 4.69) is 5.32 Å². The lowest BCUT2D eigenvalue weighted by Crippen LogP contribution is -2.51. The molecule has 4 rings (SSSR count). The average molecular weight is 578 g/mol. The van der Waals surface area contributed by atoms with Crippen LogP contribution in [-0.2, 0) is 26.2 Å². The molecule has 0 bridgehead atoms. The molecule has 212 valence electrons. The summed E-state index contributed by atoms with van der Waals surface area (Å²) in [5.41, 5.74) is 1.30. The van der Waals surface area contributed by atoms with Crippen molar-refractivity contribution >= 4 is 39.1 Å². The molecule has 1 atom stereocenters. The van der Waals surface area contributed by atoms with Gasteiger partial charge in [-0.05, 0) is 55.5 Å². The normalized spacial score (nSPS) is 15.7. The molecule has 0 aromatic heterocycles. The second-order valence-electron chi connectivity index (χ2n) is 10.0. The number of fused-ring (bicyclic) bond motifs is 1. The maximum Gasteiger partial charge on any atom is 0.243 e. The van der Waals surface area contributed by atoms with Crippen LogP contribution in [0, 0.1) is 0 Å². The first-order valence-electron chi connectivity index (χ1n) is 13.4. The van der Waals surface area contributed by atoms with Gasteiger partial charge in [0.2, 0.25) is 28.6 Å². The van der Waals surface area contributed by atoms with Gasteiger partial charge in [-0.2, -0.15) is 0 Å². The van der Waals surface area contributed by atoms with Gasteiger partial charge in [0, 0.05) is 36.6 Å². The zero-order valence-electron chi connectivity index (χ0n) is 22.4. The molecule has 2 amide bonds. The number of sulfonamides is 1. The van der Waals surface area contributed by atoms with Crippen LogP contribution in [0.4, 0.5) is 5.69 Å². The van der Waals surface area contributed by atoms with Gasteiger partial charge in [0.15, 0.2) is 11.5 Å². The van der Waals surface area contributed by atoms with E-state index < -0.39 is 16.1 Å². The van der Waals surface area contributed by atoms with Gasteiger partial charge >= 0.3 is 0 Å². The fraction of sp³-hybridized carbons (Fsp3) is 0.500. The standard InChI is InChI=1S/C28H36ClN3O6S/c1-3-24(28(34)30-22-7-4-5-8-22)31(18-20-10-12-21(29)13-11-20)27(33)9-6-16-32(39(2,35)36)23-14-15-25-26(17-23)38-19-37-25/h10-15,17,22,24H,3-9,16,18-19H2,1-2H3,(H,30,34)/t24-/m0/s1. The van der Waals surface area contributed by atoms with Crippen LogP contribution in [0.1, 0.15) is 57.4 Å². The summed E-state index contributed by atoms with van der Waals surface area (Å²) in [7, 11) is -3.62. The quantitative estimate of drug-likeness (QED) is 0.399. The topological polar surface area (TPSA) is 105 Å². The van der Waals surface area contributed by atoms with E-state index in [1.165, 1.54) is 4.31 Å². The summed E-state index contributed by atoms with van der Waals surface area (Å²) < 4.78 is 37.2. The van der Waals surface area contributed by atoms with E-state index in [0.717, 1.165) is 37.5 Å². The second kappa shape index (κ2) is 12.9. The van der Waals surface area contributed by atoms with E-state index >= 15 is 0 Å². The molecule has 1 N–H and O–H groups in total. The number of benzene rings is 2. The number of nitrogens with one attached hydrogen (secondary N) is 1. The van der Waals surface area contributed by atoms with Crippen LogP contribution in [-0.4, -0.2) is 56.8 Å². The number of hydrogen-bond donors (Lipinski definition) is 1. The number of amides is 2. The van der Waals surface area contributed by atoms with Gasteiger partial charge in [-0.15, -0.1) is 0 Å². The zero-order valence-corrected chi connectivity index (χ0v) is 24.0. The van der Waals surface area contributed by atoms with Gasteiger partial charge in [0.05, 0.1) is 11.9 Å². The Morgan fingerprint density at radius 2 is 1.77 bits per heavy atom. The van der Waals surface area contributed by atoms with Crippen molar-refractivity contribution in [2.24, 2.45) is 0 Å². The van der Waals surface area contributed by atoms with E-state index in [-0.39, 0.29) is 50.6 Å². The third-order valence-electron chi connectivity index (χ3n) is 7.15. The molecule has 11 heteroatoms. The lowest BCUT2D eigenvalue weighted by Gasteiger charge is -2.32. The Morgan fingerprint density at radius 1 is 1.08 bits per heavy atom. The molecule has 1 aliphatic heterocycles. The van der Waals surface area contributed by atoms with Crippen molar-refractivity contribution in [3.63, 3.8) is 0 Å². The van der Waals surface area contributed by atoms with Gasteiger partial charge in [0.25, 0.3) is 0 Å². The van der Waals surface area contributed by atoms with Gasteiger partial charge in [-0.25, -0.2) is 8.42 Å². The predicted octanol–water partition coefficient (Wildman–Crippen LogP) is 4.48. The molecule has 1 heterocycles. The number of ether oxygens (including phenoxy) is 2. The van der Waals surface area contributed by atoms with Crippen LogP contribution in [0.15, 0.2) is 42.5 Å². The monoisotopic (exact) mass is 577 g/mol. The Labute approximate surface area is 235 Å². The highest BCUT2D eigenvalue weighted by atomic mass is 35.5. The van der Waals surface area contributed by atoms with Crippen LogP contribution in [0.5, 0.6) is 11.5 Å². The number of hydrogen-bond acceptors (Lipinski definition) is 6. The highest BCUT2D eigenvalue weighted by molar-refractivity contribution is 7.92. The van der Waals surface area contributed by atoms with Crippen molar-refractivity contribution in [2.75, 3.05) is 23.9 Å². The Kier molecular flexibility index (Phi) is 9.61. The van der Waals surface area contributed by atoms with E-state index in [1.54, 1.807) is 35.2 Å². The molecule has 1 saturated carbocycles. The first-order valence-corrected chi connectivity index (χ1v) is 15.6. The fourth-order valence-electron chi connectivity index (χ4n) is 5.12. The van der Waals surface area contributed by atoms with E-state index in [1.807, 2.05) is 19.1 Å². The van der Waals surface area contributed by atoms with E-state index in [9.17, 15) is 18.0 Å². The first-order chi connectivity index (χ1) is 18.7. The summed E-state index contributed by atoms with van der Waals surface area (Å²) in [4.78, 5) is 28.5. The van der Waals surface area contributed by atoms with Crippen LogP contribution in [0.3, 0.4) is 0 Å². The summed E-state index contributed by atoms with van der Waals surface area (Å²) >= 11 is 6.05. The molecule has 0 unspecified atom stereocenters. The molecule has 0 spiro atoms. The minimum Gasteiger partial charge on any atom is -0.454 e. The number of carbonyl (C=O) groups excluding carboxylic acids is 2. The van der Waals surface area contributed by atoms with Crippen LogP contribution in [0.2, 0.25) is 5.02 Å². The molecule has 2 aromatic rings. The Bertz CT molecular complexity index is 1260. The molecule has 0 radical (unpaired) electrons. The Morgan fingerprint density at radius 3 is 2.44 bits per heavy atom. The minimum absolute atomic E-state index is 0.0807. The second-order valence-corrected chi connectivity index (χ2v) is 12.4. The number of anilines is 1. The molecule has 2 aliphatic rings. The van der Waals surface area contributed by atoms with Gasteiger partial charge in [-0.1, -0.05) is 43.5 Å². The van der Waals surface area contributed by atoms with Gasteiger partial charge in [-0.3, -0.25) is 13.9 Å². The fourth-order valence-corrected chi connectivity index (χ4v) is 6.20. The van der Waals surface area contributed by atoms with Crippen molar-refractivity contribution in [2.45, 2.75) is 70.5 Å².